The van der Waals surface area contributed by atoms with Crippen LogP contribution in [0.5, 0.6) is 0 Å². The molecule has 1 aliphatic heterocycles. The molecule has 2 heterocycles. The van der Waals surface area contributed by atoms with Crippen molar-refractivity contribution < 1.29 is 9.37 Å². The van der Waals surface area contributed by atoms with Crippen LogP contribution in [0.2, 0.25) is 0 Å². The summed E-state index contributed by atoms with van der Waals surface area (Å²) in [6, 6.07) is 17.7. The average Bonchev–Trinajstić information content (AvgIpc) is 2.98. The van der Waals surface area contributed by atoms with Gasteiger partial charge in [-0.05, 0) is 18.2 Å². The maximum Gasteiger partial charge on any atom is 0.508 e. The Labute approximate surface area is 110 Å². The van der Waals surface area contributed by atoms with Gasteiger partial charge in [-0.15, -0.1) is 0 Å². The predicted octanol–water partition coefficient (Wildman–Crippen LogP) is 3.39. The molecule has 0 unspecified atom stereocenters. The number of hydrogen-bond donors (Lipinski definition) is 0. The lowest BCUT2D eigenvalue weighted by Crippen LogP contribution is -2.15. The Kier molecular flexibility index (Phi) is 1.97. The molecule has 0 spiro atoms. The molecule has 0 saturated carbocycles. The molecular weight excluding hydrogens is 236 g/mol. The summed E-state index contributed by atoms with van der Waals surface area (Å²) in [7, 11) is 0. The molecule has 0 atom stereocenters. The molecule has 90 valence electrons. The second-order valence-corrected chi connectivity index (χ2v) is 4.59. The summed E-state index contributed by atoms with van der Waals surface area (Å²) in [5.41, 5.74) is 1.84. The SMILES string of the molecule is O=C1n2cc3ccccc3c2C=[N+]1c1ccccc1. The highest BCUT2D eigenvalue weighted by Crippen LogP contribution is 2.25. The Hall–Kier alpha value is -2.68. The molecule has 0 fully saturated rings. The summed E-state index contributed by atoms with van der Waals surface area (Å²) in [5.74, 6) is 0. The lowest BCUT2D eigenvalue weighted by atomic mass is 10.2. The van der Waals surface area contributed by atoms with Gasteiger partial charge in [0.2, 0.25) is 0 Å². The van der Waals surface area contributed by atoms with Gasteiger partial charge in [-0.25, -0.2) is 0 Å². The van der Waals surface area contributed by atoms with Gasteiger partial charge in [-0.1, -0.05) is 36.4 Å². The number of nitrogens with zero attached hydrogens (tertiary/aromatic N) is 2. The number of rotatable bonds is 1. The van der Waals surface area contributed by atoms with E-state index in [0.29, 0.717) is 0 Å². The highest BCUT2D eigenvalue weighted by molar-refractivity contribution is 6.05. The normalized spacial score (nSPS) is 13.7. The molecule has 4 rings (SSSR count). The fraction of sp³-hybridized carbons (Fsp3) is 0. The van der Waals surface area contributed by atoms with E-state index >= 15 is 0 Å². The molecule has 1 aliphatic rings. The third kappa shape index (κ3) is 1.38. The van der Waals surface area contributed by atoms with Gasteiger partial charge in [-0.2, -0.15) is 13.9 Å². The van der Waals surface area contributed by atoms with E-state index in [1.165, 1.54) is 0 Å². The van der Waals surface area contributed by atoms with E-state index in [-0.39, 0.29) is 6.03 Å². The molecule has 1 aromatic heterocycles. The zero-order valence-electron chi connectivity index (χ0n) is 10.2. The predicted molar refractivity (Wildman–Crippen MR) is 74.3 cm³/mol. The van der Waals surface area contributed by atoms with E-state index in [1.807, 2.05) is 67.0 Å². The smallest absolute Gasteiger partial charge is 0.196 e. The quantitative estimate of drug-likeness (QED) is 0.605. The van der Waals surface area contributed by atoms with Crippen LogP contribution >= 0.6 is 0 Å². The Morgan fingerprint density at radius 2 is 1.63 bits per heavy atom. The van der Waals surface area contributed by atoms with E-state index in [2.05, 4.69) is 0 Å². The van der Waals surface area contributed by atoms with E-state index in [9.17, 15) is 4.79 Å². The van der Waals surface area contributed by atoms with Crippen LogP contribution in [0, 0.1) is 0 Å². The molecule has 3 aromatic rings. The van der Waals surface area contributed by atoms with Crippen LogP contribution in [0.1, 0.15) is 5.69 Å². The first kappa shape index (κ1) is 10.3. The molecule has 3 heteroatoms. The standard InChI is InChI=1S/C16H11N2O/c19-16-17(13-7-2-1-3-8-13)11-15-14-9-5-4-6-12(14)10-18(15)16/h1-11H/q+1. The maximum atomic E-state index is 12.4. The summed E-state index contributed by atoms with van der Waals surface area (Å²) in [5, 5.41) is 2.20. The number of benzene rings is 2. The summed E-state index contributed by atoms with van der Waals surface area (Å²) in [6.07, 6.45) is 3.80. The number of carbonyl (C=O) groups excluding carboxylic acids is 1. The number of fused-ring (bicyclic) bond motifs is 3. The first-order valence-corrected chi connectivity index (χ1v) is 6.18. The minimum absolute atomic E-state index is 0.0302. The Morgan fingerprint density at radius 3 is 2.47 bits per heavy atom. The van der Waals surface area contributed by atoms with Gasteiger partial charge < -0.3 is 0 Å². The van der Waals surface area contributed by atoms with Crippen molar-refractivity contribution in [1.29, 1.82) is 0 Å². The summed E-state index contributed by atoms with van der Waals surface area (Å²) in [6.45, 7) is 0. The first-order chi connectivity index (χ1) is 9.34. The lowest BCUT2D eigenvalue weighted by molar-refractivity contribution is -0.321. The molecule has 19 heavy (non-hydrogen) atoms. The van der Waals surface area contributed by atoms with Crippen molar-refractivity contribution in [2.24, 2.45) is 0 Å². The number of hydrogen-bond acceptors (Lipinski definition) is 1. The van der Waals surface area contributed by atoms with Crippen LogP contribution in [0.3, 0.4) is 0 Å². The van der Waals surface area contributed by atoms with Crippen molar-refractivity contribution in [3.05, 3.63) is 66.5 Å². The van der Waals surface area contributed by atoms with Crippen molar-refractivity contribution in [2.45, 2.75) is 0 Å². The summed E-state index contributed by atoms with van der Waals surface area (Å²) in [4.78, 5) is 12.4. The number of amides is 1. The van der Waals surface area contributed by atoms with E-state index in [4.69, 9.17) is 0 Å². The van der Waals surface area contributed by atoms with Crippen LogP contribution < -0.4 is 0 Å². The van der Waals surface area contributed by atoms with Crippen molar-refractivity contribution in [1.82, 2.24) is 4.57 Å². The van der Waals surface area contributed by atoms with E-state index in [1.54, 1.807) is 9.14 Å². The largest absolute Gasteiger partial charge is 0.508 e. The van der Waals surface area contributed by atoms with E-state index < -0.39 is 0 Å². The summed E-state index contributed by atoms with van der Waals surface area (Å²) < 4.78 is 3.39. The van der Waals surface area contributed by atoms with Gasteiger partial charge in [0.1, 0.15) is 18.1 Å². The molecule has 2 aromatic carbocycles. The molecule has 0 bridgehead atoms. The van der Waals surface area contributed by atoms with Gasteiger partial charge in [0.25, 0.3) is 0 Å². The molecule has 0 radical (unpaired) electrons. The zero-order valence-corrected chi connectivity index (χ0v) is 10.2. The van der Waals surface area contributed by atoms with Crippen molar-refractivity contribution >= 4 is 28.7 Å². The Morgan fingerprint density at radius 1 is 0.895 bits per heavy atom. The lowest BCUT2D eigenvalue weighted by Gasteiger charge is -1.96. The van der Waals surface area contributed by atoms with Crippen molar-refractivity contribution in [2.75, 3.05) is 0 Å². The highest BCUT2D eigenvalue weighted by Gasteiger charge is 2.33. The van der Waals surface area contributed by atoms with Crippen molar-refractivity contribution in [3.63, 3.8) is 0 Å². The first-order valence-electron chi connectivity index (χ1n) is 6.18. The highest BCUT2D eigenvalue weighted by atomic mass is 16.2. The van der Waals surface area contributed by atoms with Crippen LogP contribution in [0.15, 0.2) is 60.8 Å². The number of aromatic nitrogens is 1. The second kappa shape index (κ2) is 3.65. The van der Waals surface area contributed by atoms with Gasteiger partial charge >= 0.3 is 6.03 Å². The fourth-order valence-electron chi connectivity index (χ4n) is 2.54. The summed E-state index contributed by atoms with van der Waals surface area (Å²) >= 11 is 0. The van der Waals surface area contributed by atoms with Crippen molar-refractivity contribution in [3.8, 4) is 0 Å². The molecule has 1 amide bonds. The minimum Gasteiger partial charge on any atom is -0.196 e. The fourth-order valence-corrected chi connectivity index (χ4v) is 2.54. The maximum absolute atomic E-state index is 12.4. The second-order valence-electron chi connectivity index (χ2n) is 4.59. The minimum atomic E-state index is -0.0302. The molecule has 3 nitrogen and oxygen atoms in total. The third-order valence-corrected chi connectivity index (χ3v) is 3.46. The third-order valence-electron chi connectivity index (χ3n) is 3.46. The number of carbonyl (C=O) groups is 1. The molecule has 0 N–H and O–H groups in total. The topological polar surface area (TPSA) is 25.0 Å². The number of para-hydroxylation sites is 1. The van der Waals surface area contributed by atoms with Gasteiger partial charge in [0.15, 0.2) is 5.69 Å². The van der Waals surface area contributed by atoms with Crippen LogP contribution in [-0.4, -0.2) is 21.4 Å². The van der Waals surface area contributed by atoms with Crippen LogP contribution in [-0.2, 0) is 0 Å². The zero-order chi connectivity index (χ0) is 12.8. The Balaban J connectivity index is 1.96. The average molecular weight is 247 g/mol. The van der Waals surface area contributed by atoms with Crippen LogP contribution in [0.4, 0.5) is 10.5 Å². The van der Waals surface area contributed by atoms with Gasteiger partial charge in [0.05, 0.1) is 0 Å². The van der Waals surface area contributed by atoms with Gasteiger partial charge in [0, 0.05) is 10.8 Å². The molecule has 0 aliphatic carbocycles. The molecule has 0 saturated heterocycles. The molecular formula is C16H11N2O+. The monoisotopic (exact) mass is 247 g/mol. The van der Waals surface area contributed by atoms with Gasteiger partial charge in [-0.3, -0.25) is 0 Å². The Bertz CT molecular complexity index is 828. The van der Waals surface area contributed by atoms with E-state index in [0.717, 1.165) is 22.2 Å². The van der Waals surface area contributed by atoms with Crippen LogP contribution in [0.25, 0.3) is 10.8 Å².